The van der Waals surface area contributed by atoms with Crippen LogP contribution in [0.5, 0.6) is 11.5 Å². The summed E-state index contributed by atoms with van der Waals surface area (Å²) in [4.78, 5) is 61.8. The summed E-state index contributed by atoms with van der Waals surface area (Å²) in [6.45, 7) is 19.4. The molecule has 0 unspecified atom stereocenters. The van der Waals surface area contributed by atoms with E-state index in [1.165, 1.54) is 16.7 Å². The highest BCUT2D eigenvalue weighted by Crippen LogP contribution is 2.50. The number of ether oxygens (including phenoxy) is 2. The standard InChI is InChI=1S/C44H58N4O6/c1-10-46(11-2)31-20-22-35-39(26-31)54-40-27-32(47(12-3)13-4)21-23-36(40)41(35)33-17-14-15-18-34(33)44(52)53-30(8)42(50)48-24-16-19-37(48)43(51)45(9)38(29(7)49)25-28(5)6/h14-15,17-18,20-23,26-28,30,37-38,41H,10-13,16,19,24-25H2,1-9H3/t30-,37-,38-/m0/s1. The van der Waals surface area contributed by atoms with E-state index in [9.17, 15) is 19.2 Å². The number of amides is 2. The van der Waals surface area contributed by atoms with Gasteiger partial charge in [-0.2, -0.15) is 0 Å². The Kier molecular flexibility index (Phi) is 13.1. The number of esters is 1. The molecule has 3 atom stereocenters. The quantitative estimate of drug-likeness (QED) is 0.115. The van der Waals surface area contributed by atoms with Crippen LogP contribution in [0.3, 0.4) is 0 Å². The van der Waals surface area contributed by atoms with E-state index in [0.717, 1.165) is 65.7 Å². The number of carbonyl (C=O) groups is 4. The van der Waals surface area contributed by atoms with Crippen molar-refractivity contribution in [3.05, 3.63) is 82.9 Å². The third-order valence-corrected chi connectivity index (χ3v) is 11.0. The minimum absolute atomic E-state index is 0.0835. The molecule has 2 aliphatic heterocycles. The van der Waals surface area contributed by atoms with E-state index in [0.29, 0.717) is 31.4 Å². The van der Waals surface area contributed by atoms with E-state index < -0.39 is 30.1 Å². The number of hydrogen-bond acceptors (Lipinski definition) is 8. The minimum atomic E-state index is -1.13. The second kappa shape index (κ2) is 17.5. The summed E-state index contributed by atoms with van der Waals surface area (Å²) in [5.74, 6) is -0.0559. The van der Waals surface area contributed by atoms with Gasteiger partial charge in [0.15, 0.2) is 11.9 Å². The third-order valence-electron chi connectivity index (χ3n) is 11.0. The monoisotopic (exact) mass is 738 g/mol. The lowest BCUT2D eigenvalue weighted by atomic mass is 9.80. The number of Topliss-reactive ketones (excluding diaryl/α,β-unsaturated/α-hetero) is 1. The first-order valence-corrected chi connectivity index (χ1v) is 19.7. The molecule has 54 heavy (non-hydrogen) atoms. The van der Waals surface area contributed by atoms with Crippen LogP contribution in [0.2, 0.25) is 0 Å². The molecule has 0 aromatic heterocycles. The zero-order valence-electron chi connectivity index (χ0n) is 33.6. The lowest BCUT2D eigenvalue weighted by Crippen LogP contribution is -2.53. The first-order valence-electron chi connectivity index (χ1n) is 19.7. The van der Waals surface area contributed by atoms with Gasteiger partial charge in [-0.05, 0) is 90.5 Å². The number of carbonyl (C=O) groups excluding carboxylic acids is 4. The zero-order chi connectivity index (χ0) is 39.3. The molecule has 0 radical (unpaired) electrons. The molecule has 10 heteroatoms. The Balaban J connectivity index is 1.45. The Morgan fingerprint density at radius 3 is 1.89 bits per heavy atom. The molecular formula is C44H58N4O6. The van der Waals surface area contributed by atoms with Crippen molar-refractivity contribution in [2.24, 2.45) is 5.92 Å². The third kappa shape index (κ3) is 8.27. The molecule has 0 N–H and O–H groups in total. The number of fused-ring (bicyclic) bond motifs is 2. The minimum Gasteiger partial charge on any atom is -0.457 e. The highest BCUT2D eigenvalue weighted by Gasteiger charge is 2.41. The fraction of sp³-hybridized carbons (Fsp3) is 0.500. The molecular weight excluding hydrogens is 681 g/mol. The van der Waals surface area contributed by atoms with Gasteiger partial charge in [0.1, 0.15) is 17.5 Å². The van der Waals surface area contributed by atoms with Gasteiger partial charge in [0, 0.05) is 80.3 Å². The van der Waals surface area contributed by atoms with Crippen molar-refractivity contribution in [1.82, 2.24) is 9.80 Å². The largest absolute Gasteiger partial charge is 0.457 e. The highest BCUT2D eigenvalue weighted by molar-refractivity contribution is 5.96. The van der Waals surface area contributed by atoms with Crippen LogP contribution >= 0.6 is 0 Å². The second-order valence-electron chi connectivity index (χ2n) is 14.9. The predicted molar refractivity (Wildman–Crippen MR) is 214 cm³/mol. The number of ketones is 1. The molecule has 290 valence electrons. The first-order chi connectivity index (χ1) is 25.8. The molecule has 10 nitrogen and oxygen atoms in total. The maximum absolute atomic E-state index is 14.1. The summed E-state index contributed by atoms with van der Waals surface area (Å²) in [7, 11) is 1.64. The number of hydrogen-bond donors (Lipinski definition) is 0. The Morgan fingerprint density at radius 1 is 0.815 bits per heavy atom. The van der Waals surface area contributed by atoms with Gasteiger partial charge in [-0.15, -0.1) is 0 Å². The fourth-order valence-corrected chi connectivity index (χ4v) is 8.05. The topological polar surface area (TPSA) is 99.7 Å². The molecule has 2 heterocycles. The molecule has 5 rings (SSSR count). The SMILES string of the molecule is CCN(CC)c1ccc2c(c1)Oc1cc(N(CC)CC)ccc1C2c1ccccc1C(=O)O[C@@H](C)C(=O)N1CCC[C@H]1C(=O)N(C)[C@@H](CC(C)C)C(C)=O. The smallest absolute Gasteiger partial charge is 0.339 e. The van der Waals surface area contributed by atoms with Crippen LogP contribution in [-0.2, 0) is 19.1 Å². The maximum Gasteiger partial charge on any atom is 0.339 e. The Morgan fingerprint density at radius 2 is 1.37 bits per heavy atom. The lowest BCUT2D eigenvalue weighted by molar-refractivity contribution is -0.150. The van der Waals surface area contributed by atoms with E-state index in [1.807, 2.05) is 26.0 Å². The summed E-state index contributed by atoms with van der Waals surface area (Å²) < 4.78 is 12.6. The molecule has 1 saturated heterocycles. The van der Waals surface area contributed by atoms with Crippen LogP contribution in [0.25, 0.3) is 0 Å². The lowest BCUT2D eigenvalue weighted by Gasteiger charge is -2.33. The van der Waals surface area contributed by atoms with Crippen LogP contribution in [0, 0.1) is 5.92 Å². The molecule has 3 aromatic carbocycles. The van der Waals surface area contributed by atoms with Crippen LogP contribution in [0.4, 0.5) is 11.4 Å². The van der Waals surface area contributed by atoms with Crippen molar-refractivity contribution in [1.29, 1.82) is 0 Å². The van der Waals surface area contributed by atoms with Crippen molar-refractivity contribution >= 4 is 34.9 Å². The van der Waals surface area contributed by atoms with Crippen LogP contribution in [-0.4, -0.2) is 91.3 Å². The van der Waals surface area contributed by atoms with E-state index in [-0.39, 0.29) is 23.5 Å². The first kappa shape index (κ1) is 40.3. The molecule has 0 spiro atoms. The van der Waals surface area contributed by atoms with Crippen molar-refractivity contribution in [2.75, 3.05) is 49.6 Å². The summed E-state index contributed by atoms with van der Waals surface area (Å²) in [6, 6.07) is 18.7. The van der Waals surface area contributed by atoms with Gasteiger partial charge in [0.25, 0.3) is 5.91 Å². The molecule has 0 bridgehead atoms. The number of rotatable bonds is 15. The van der Waals surface area contributed by atoms with Gasteiger partial charge in [-0.3, -0.25) is 14.4 Å². The van der Waals surface area contributed by atoms with Crippen molar-refractivity contribution < 1.29 is 28.7 Å². The van der Waals surface area contributed by atoms with Gasteiger partial charge in [0.05, 0.1) is 11.6 Å². The second-order valence-corrected chi connectivity index (χ2v) is 14.9. The molecule has 0 saturated carbocycles. The van der Waals surface area contributed by atoms with Gasteiger partial charge < -0.3 is 29.1 Å². The van der Waals surface area contributed by atoms with Crippen LogP contribution in [0.15, 0.2) is 60.7 Å². The highest BCUT2D eigenvalue weighted by atomic mass is 16.5. The van der Waals surface area contributed by atoms with Crippen molar-refractivity contribution in [3.63, 3.8) is 0 Å². The molecule has 2 amide bonds. The number of likely N-dealkylation sites (N-methyl/N-ethyl adjacent to an activating group) is 1. The normalized spacial score (nSPS) is 16.2. The summed E-state index contributed by atoms with van der Waals surface area (Å²) in [5, 5.41) is 0. The predicted octanol–water partition coefficient (Wildman–Crippen LogP) is 7.66. The average molecular weight is 739 g/mol. The van der Waals surface area contributed by atoms with Gasteiger partial charge in [0.2, 0.25) is 5.91 Å². The number of nitrogens with zero attached hydrogens (tertiary/aromatic N) is 4. The molecule has 2 aliphatic rings. The average Bonchev–Trinajstić information content (AvgIpc) is 3.66. The summed E-state index contributed by atoms with van der Waals surface area (Å²) >= 11 is 0. The Labute approximate surface area is 321 Å². The maximum atomic E-state index is 14.1. The molecule has 1 fully saturated rings. The van der Waals surface area contributed by atoms with E-state index in [1.54, 1.807) is 26.1 Å². The number of likely N-dealkylation sites (tertiary alicyclic amines) is 1. The molecule has 3 aromatic rings. The van der Waals surface area contributed by atoms with Crippen LogP contribution < -0.4 is 14.5 Å². The summed E-state index contributed by atoms with van der Waals surface area (Å²) in [6.07, 6.45) is 0.537. The van der Waals surface area contributed by atoms with Crippen molar-refractivity contribution in [3.8, 4) is 11.5 Å². The Bertz CT molecular complexity index is 1770. The van der Waals surface area contributed by atoms with E-state index in [2.05, 4.69) is 73.9 Å². The van der Waals surface area contributed by atoms with E-state index in [4.69, 9.17) is 9.47 Å². The van der Waals surface area contributed by atoms with Crippen LogP contribution in [0.1, 0.15) is 108 Å². The molecule has 0 aliphatic carbocycles. The summed E-state index contributed by atoms with van der Waals surface area (Å²) in [5.41, 5.74) is 5.08. The fourth-order valence-electron chi connectivity index (χ4n) is 8.05. The van der Waals surface area contributed by atoms with Gasteiger partial charge in [-0.25, -0.2) is 4.79 Å². The number of anilines is 2. The van der Waals surface area contributed by atoms with Crippen molar-refractivity contribution in [2.45, 2.75) is 98.8 Å². The Hall–Kier alpha value is -4.86. The van der Waals surface area contributed by atoms with Gasteiger partial charge >= 0.3 is 5.97 Å². The van der Waals surface area contributed by atoms with E-state index >= 15 is 0 Å². The number of benzene rings is 3. The zero-order valence-corrected chi connectivity index (χ0v) is 33.6. The van der Waals surface area contributed by atoms with Gasteiger partial charge in [-0.1, -0.05) is 44.2 Å².